The molecule has 6 heteroatoms. The zero-order chi connectivity index (χ0) is 16.1. The summed E-state index contributed by atoms with van der Waals surface area (Å²) in [7, 11) is 0. The molecule has 1 N–H and O–H groups in total. The number of hydrogen-bond donors (Lipinski definition) is 1. The van der Waals surface area contributed by atoms with Crippen molar-refractivity contribution in [2.24, 2.45) is 0 Å². The lowest BCUT2D eigenvalue weighted by molar-refractivity contribution is -0.131. The minimum absolute atomic E-state index is 0.293. The van der Waals surface area contributed by atoms with E-state index in [1.165, 1.54) is 6.08 Å². The maximum absolute atomic E-state index is 10.5. The summed E-state index contributed by atoms with van der Waals surface area (Å²) < 4.78 is 5.62. The van der Waals surface area contributed by atoms with E-state index < -0.39 is 5.97 Å². The van der Waals surface area contributed by atoms with Gasteiger partial charge in [0, 0.05) is 6.08 Å². The van der Waals surface area contributed by atoms with Gasteiger partial charge in [0.1, 0.15) is 12.4 Å². The van der Waals surface area contributed by atoms with Gasteiger partial charge in [-0.3, -0.25) is 0 Å². The lowest BCUT2D eigenvalue weighted by atomic mass is 10.2. The summed E-state index contributed by atoms with van der Waals surface area (Å²) in [4.78, 5) is 10.5. The predicted molar refractivity (Wildman–Crippen MR) is 88.9 cm³/mol. The summed E-state index contributed by atoms with van der Waals surface area (Å²) in [5, 5.41) is 9.93. The molecule has 3 nitrogen and oxygen atoms in total. The largest absolute Gasteiger partial charge is 0.487 e. The Kier molecular flexibility index (Phi) is 5.72. The van der Waals surface area contributed by atoms with Crippen LogP contribution in [0.15, 0.2) is 42.5 Å². The van der Waals surface area contributed by atoms with E-state index in [1.807, 2.05) is 6.07 Å². The van der Waals surface area contributed by atoms with Crippen LogP contribution >= 0.6 is 34.8 Å². The zero-order valence-corrected chi connectivity index (χ0v) is 13.5. The van der Waals surface area contributed by atoms with Crippen molar-refractivity contribution in [3.8, 4) is 5.75 Å². The molecule has 0 aliphatic heterocycles. The van der Waals surface area contributed by atoms with Crippen molar-refractivity contribution in [2.45, 2.75) is 6.61 Å². The Balaban J connectivity index is 2.06. The Morgan fingerprint density at radius 1 is 1.05 bits per heavy atom. The van der Waals surface area contributed by atoms with Gasteiger partial charge in [0.05, 0.1) is 15.1 Å². The minimum Gasteiger partial charge on any atom is -0.487 e. The summed E-state index contributed by atoms with van der Waals surface area (Å²) >= 11 is 17.9. The van der Waals surface area contributed by atoms with E-state index in [9.17, 15) is 4.79 Å². The summed E-state index contributed by atoms with van der Waals surface area (Å²) in [6.07, 6.45) is 2.50. The Morgan fingerprint density at radius 2 is 1.82 bits per heavy atom. The third-order valence-corrected chi connectivity index (χ3v) is 3.79. The van der Waals surface area contributed by atoms with Crippen LogP contribution in [-0.4, -0.2) is 11.1 Å². The summed E-state index contributed by atoms with van der Waals surface area (Å²) in [5.74, 6) is -0.517. The van der Waals surface area contributed by atoms with Crippen molar-refractivity contribution < 1.29 is 14.6 Å². The topological polar surface area (TPSA) is 46.5 Å². The molecular weight excluding hydrogens is 347 g/mol. The molecule has 2 aromatic carbocycles. The lowest BCUT2D eigenvalue weighted by Crippen LogP contribution is -1.96. The van der Waals surface area contributed by atoms with E-state index in [-0.39, 0.29) is 0 Å². The number of halogens is 3. The third kappa shape index (κ3) is 4.67. The fourth-order valence-corrected chi connectivity index (χ4v) is 2.26. The quantitative estimate of drug-likeness (QED) is 0.736. The van der Waals surface area contributed by atoms with Gasteiger partial charge in [0.15, 0.2) is 0 Å². The number of benzene rings is 2. The Morgan fingerprint density at radius 3 is 2.45 bits per heavy atom. The first-order chi connectivity index (χ1) is 10.5. The maximum Gasteiger partial charge on any atom is 0.328 e. The lowest BCUT2D eigenvalue weighted by Gasteiger charge is -2.09. The molecule has 0 aliphatic rings. The number of carboxylic acids is 1. The number of ether oxygens (including phenoxy) is 1. The fourth-order valence-electron chi connectivity index (χ4n) is 1.70. The SMILES string of the molecule is O=C(O)C=Cc1ccc(OCc2ccc(Cl)c(Cl)c2)c(Cl)c1. The van der Waals surface area contributed by atoms with E-state index in [1.54, 1.807) is 30.3 Å². The second kappa shape index (κ2) is 7.54. The molecular formula is C16H11Cl3O3. The first kappa shape index (κ1) is 16.7. The van der Waals surface area contributed by atoms with Crippen molar-refractivity contribution in [2.75, 3.05) is 0 Å². The summed E-state index contributed by atoms with van der Waals surface area (Å²) in [6, 6.07) is 10.3. The monoisotopic (exact) mass is 356 g/mol. The highest BCUT2D eigenvalue weighted by Gasteiger charge is 2.05. The van der Waals surface area contributed by atoms with Crippen molar-refractivity contribution in [1.29, 1.82) is 0 Å². The summed E-state index contributed by atoms with van der Waals surface area (Å²) in [6.45, 7) is 0.293. The zero-order valence-electron chi connectivity index (χ0n) is 11.2. The van der Waals surface area contributed by atoms with Crippen LogP contribution in [0, 0.1) is 0 Å². The van der Waals surface area contributed by atoms with Crippen molar-refractivity contribution in [1.82, 2.24) is 0 Å². The molecule has 114 valence electrons. The molecule has 0 bridgehead atoms. The van der Waals surface area contributed by atoms with Crippen LogP contribution in [0.25, 0.3) is 6.08 Å². The molecule has 0 aromatic heterocycles. The van der Waals surface area contributed by atoms with E-state index in [4.69, 9.17) is 44.6 Å². The van der Waals surface area contributed by atoms with Crippen molar-refractivity contribution in [3.05, 3.63) is 68.7 Å². The molecule has 22 heavy (non-hydrogen) atoms. The second-order valence-corrected chi connectivity index (χ2v) is 5.62. The molecule has 0 saturated carbocycles. The Hall–Kier alpha value is -1.68. The molecule has 0 fully saturated rings. The molecule has 2 rings (SSSR count). The van der Waals surface area contributed by atoms with Gasteiger partial charge in [-0.05, 0) is 41.5 Å². The molecule has 0 atom stereocenters. The highest BCUT2D eigenvalue weighted by Crippen LogP contribution is 2.28. The first-order valence-corrected chi connectivity index (χ1v) is 7.36. The number of carbonyl (C=O) groups is 1. The molecule has 0 radical (unpaired) electrons. The molecule has 0 spiro atoms. The van der Waals surface area contributed by atoms with Crippen molar-refractivity contribution in [3.63, 3.8) is 0 Å². The van der Waals surface area contributed by atoms with Gasteiger partial charge in [-0.15, -0.1) is 0 Å². The predicted octanol–water partition coefficient (Wildman–Crippen LogP) is 5.32. The molecule has 0 aliphatic carbocycles. The fraction of sp³-hybridized carbons (Fsp3) is 0.0625. The number of carboxylic acid groups (broad SMARTS) is 1. The maximum atomic E-state index is 10.5. The minimum atomic E-state index is -1.02. The van der Waals surface area contributed by atoms with E-state index in [0.717, 1.165) is 11.6 Å². The third-order valence-electron chi connectivity index (χ3n) is 2.75. The molecule has 0 amide bonds. The molecule has 0 unspecified atom stereocenters. The van der Waals surface area contributed by atoms with Crippen LogP contribution in [0.4, 0.5) is 0 Å². The van der Waals surface area contributed by atoms with Crippen LogP contribution in [0.2, 0.25) is 15.1 Å². The van der Waals surface area contributed by atoms with Gasteiger partial charge in [-0.1, -0.05) is 46.9 Å². The van der Waals surface area contributed by atoms with Crippen LogP contribution in [0.5, 0.6) is 5.75 Å². The highest BCUT2D eigenvalue weighted by atomic mass is 35.5. The van der Waals surface area contributed by atoms with Gasteiger partial charge in [0.25, 0.3) is 0 Å². The van der Waals surface area contributed by atoms with E-state index in [2.05, 4.69) is 0 Å². The number of aliphatic carboxylic acids is 1. The van der Waals surface area contributed by atoms with Crippen LogP contribution in [-0.2, 0) is 11.4 Å². The van der Waals surface area contributed by atoms with Crippen molar-refractivity contribution >= 4 is 46.8 Å². The molecule has 0 saturated heterocycles. The number of hydrogen-bond acceptors (Lipinski definition) is 2. The highest BCUT2D eigenvalue weighted by molar-refractivity contribution is 6.42. The molecule has 0 heterocycles. The summed E-state index contributed by atoms with van der Waals surface area (Å²) in [5.41, 5.74) is 1.54. The molecule has 2 aromatic rings. The van der Waals surface area contributed by atoms with Crippen LogP contribution < -0.4 is 4.74 Å². The van der Waals surface area contributed by atoms with E-state index in [0.29, 0.717) is 33.0 Å². The van der Waals surface area contributed by atoms with E-state index >= 15 is 0 Å². The smallest absolute Gasteiger partial charge is 0.328 e. The van der Waals surface area contributed by atoms with Gasteiger partial charge in [0.2, 0.25) is 0 Å². The second-order valence-electron chi connectivity index (χ2n) is 4.40. The van der Waals surface area contributed by atoms with Crippen LogP contribution in [0.1, 0.15) is 11.1 Å². The van der Waals surface area contributed by atoms with Gasteiger partial charge in [-0.25, -0.2) is 4.79 Å². The average molecular weight is 358 g/mol. The van der Waals surface area contributed by atoms with Gasteiger partial charge < -0.3 is 9.84 Å². The van der Waals surface area contributed by atoms with Gasteiger partial charge in [-0.2, -0.15) is 0 Å². The van der Waals surface area contributed by atoms with Crippen LogP contribution in [0.3, 0.4) is 0 Å². The standard InChI is InChI=1S/C16H11Cl3O3/c17-12-4-1-11(8-13(12)18)9-22-15-5-2-10(7-14(15)19)3-6-16(20)21/h1-8H,9H2,(H,20,21). The Bertz CT molecular complexity index is 727. The Labute approximate surface area is 142 Å². The number of rotatable bonds is 5. The normalized spacial score (nSPS) is 10.9. The van der Waals surface area contributed by atoms with Gasteiger partial charge >= 0.3 is 5.97 Å². The average Bonchev–Trinajstić information content (AvgIpc) is 2.47. The first-order valence-electron chi connectivity index (χ1n) is 6.23.